The van der Waals surface area contributed by atoms with Gasteiger partial charge in [0, 0.05) is 0 Å². The van der Waals surface area contributed by atoms with Crippen molar-refractivity contribution in [2.24, 2.45) is 0 Å². The molecule has 1 aromatic heterocycles. The van der Waals surface area contributed by atoms with Crippen molar-refractivity contribution in [3.8, 4) is 0 Å². The molecule has 0 radical (unpaired) electrons. The van der Waals surface area contributed by atoms with Crippen LogP contribution >= 0.6 is 11.3 Å². The molecule has 2 heterocycles. The fourth-order valence-corrected chi connectivity index (χ4v) is 3.68. The van der Waals surface area contributed by atoms with Crippen molar-refractivity contribution in [1.29, 1.82) is 0 Å². The van der Waals surface area contributed by atoms with E-state index in [1.165, 1.54) is 6.07 Å². The van der Waals surface area contributed by atoms with Crippen LogP contribution < -0.4 is 10.2 Å². The maximum Gasteiger partial charge on any atom is 0.350 e. The molecular weight excluding hydrogens is 414 g/mol. The zero-order valence-corrected chi connectivity index (χ0v) is 17.0. The van der Waals surface area contributed by atoms with Crippen molar-refractivity contribution in [1.82, 2.24) is 4.98 Å². The number of ketones is 1. The zero-order valence-electron chi connectivity index (χ0n) is 16.2. The molecule has 1 aromatic carbocycles. The van der Waals surface area contributed by atoms with E-state index in [2.05, 4.69) is 10.3 Å². The molecule has 0 spiro atoms. The Balaban J connectivity index is 1.53. The highest BCUT2D eigenvalue weighted by molar-refractivity contribution is 7.17. The first-order valence-electron chi connectivity index (χ1n) is 9.01. The summed E-state index contributed by atoms with van der Waals surface area (Å²) in [5.41, 5.74) is 1.05. The second-order valence-electron chi connectivity index (χ2n) is 6.23. The molecule has 0 aliphatic carbocycles. The lowest BCUT2D eigenvalue weighted by atomic mass is 10.1. The van der Waals surface area contributed by atoms with E-state index in [-0.39, 0.29) is 28.7 Å². The van der Waals surface area contributed by atoms with Gasteiger partial charge in [0.2, 0.25) is 0 Å². The Morgan fingerprint density at radius 1 is 1.30 bits per heavy atom. The van der Waals surface area contributed by atoms with E-state index in [0.29, 0.717) is 11.4 Å². The quantitative estimate of drug-likeness (QED) is 0.359. The van der Waals surface area contributed by atoms with Crippen LogP contribution in [0.2, 0.25) is 0 Å². The van der Waals surface area contributed by atoms with E-state index in [0.717, 1.165) is 16.2 Å². The summed E-state index contributed by atoms with van der Waals surface area (Å²) in [4.78, 5) is 53.4. The van der Waals surface area contributed by atoms with Gasteiger partial charge < -0.3 is 14.6 Å². The Morgan fingerprint density at radius 3 is 2.77 bits per heavy atom. The number of esters is 1. The lowest BCUT2D eigenvalue weighted by Gasteiger charge is -2.20. The smallest absolute Gasteiger partial charge is 0.350 e. The largest absolute Gasteiger partial charge is 0.462 e. The Hall–Kier alpha value is -3.15. The second-order valence-corrected chi connectivity index (χ2v) is 7.23. The predicted molar refractivity (Wildman–Crippen MR) is 107 cm³/mol. The van der Waals surface area contributed by atoms with E-state index in [1.807, 2.05) is 0 Å². The minimum Gasteiger partial charge on any atom is -0.462 e. The van der Waals surface area contributed by atoms with Crippen molar-refractivity contribution in [3.63, 3.8) is 0 Å². The van der Waals surface area contributed by atoms with Crippen LogP contribution in [0.4, 0.5) is 10.8 Å². The van der Waals surface area contributed by atoms with Gasteiger partial charge in [0.15, 0.2) is 11.4 Å². The molecule has 2 amide bonds. The molecule has 1 unspecified atom stereocenters. The summed E-state index contributed by atoms with van der Waals surface area (Å²) in [6.07, 6.45) is -1.49. The van der Waals surface area contributed by atoms with E-state index >= 15 is 0 Å². The highest BCUT2D eigenvalue weighted by Gasteiger charge is 2.36. The van der Waals surface area contributed by atoms with Gasteiger partial charge in [0.05, 0.1) is 30.1 Å². The summed E-state index contributed by atoms with van der Waals surface area (Å²) in [5.74, 6) is -2.56. The van der Waals surface area contributed by atoms with E-state index < -0.39 is 36.5 Å². The zero-order chi connectivity index (χ0) is 21.8. The maximum absolute atomic E-state index is 12.1. The highest BCUT2D eigenvalue weighted by atomic mass is 32.1. The van der Waals surface area contributed by atoms with Gasteiger partial charge in [-0.25, -0.2) is 9.78 Å². The van der Waals surface area contributed by atoms with Gasteiger partial charge in [-0.15, -0.1) is 0 Å². The number of rotatable bonds is 8. The van der Waals surface area contributed by atoms with Crippen LogP contribution in [0.15, 0.2) is 24.3 Å². The lowest BCUT2D eigenvalue weighted by Crippen LogP contribution is -2.38. The number of benzene rings is 1. The Morgan fingerprint density at radius 2 is 2.03 bits per heavy atom. The minimum atomic E-state index is -1.49. The fourth-order valence-electron chi connectivity index (χ4n) is 2.80. The molecule has 3 rings (SSSR count). The third kappa shape index (κ3) is 4.53. The van der Waals surface area contributed by atoms with Crippen molar-refractivity contribution in [2.75, 3.05) is 30.0 Å². The fraction of sp³-hybridized carbons (Fsp3) is 0.316. The third-order valence-electron chi connectivity index (χ3n) is 4.13. The summed E-state index contributed by atoms with van der Waals surface area (Å²) in [5, 5.41) is 12.7. The number of aromatic nitrogens is 1. The number of hydrogen-bond acceptors (Lipinski definition) is 9. The SMILES string of the molecule is CCOC(=O)c1sc(NC(=O)COC(O)CN2C(=O)C(=O)c3ccccc32)nc1C. The number of Topliss-reactive ketones (excluding diaryl/α,β-unsaturated/α-hetero) is 1. The van der Waals surface area contributed by atoms with Gasteiger partial charge in [0.1, 0.15) is 11.5 Å². The number of nitrogens with zero attached hydrogens (tertiary/aromatic N) is 2. The number of aliphatic hydroxyl groups excluding tert-OH is 1. The van der Waals surface area contributed by atoms with E-state index in [9.17, 15) is 24.3 Å². The van der Waals surface area contributed by atoms with Crippen LogP contribution in [0.25, 0.3) is 0 Å². The maximum atomic E-state index is 12.1. The summed E-state index contributed by atoms with van der Waals surface area (Å²) < 4.78 is 10.00. The van der Waals surface area contributed by atoms with Gasteiger partial charge in [0.25, 0.3) is 17.6 Å². The first-order chi connectivity index (χ1) is 14.3. The van der Waals surface area contributed by atoms with Crippen molar-refractivity contribution >= 4 is 45.7 Å². The Bertz CT molecular complexity index is 1000. The number of carbonyl (C=O) groups is 4. The van der Waals surface area contributed by atoms with Crippen LogP contribution in [0.1, 0.15) is 32.6 Å². The molecule has 11 heteroatoms. The number of aliphatic hydroxyl groups is 1. The van der Waals surface area contributed by atoms with Gasteiger partial charge in [-0.05, 0) is 26.0 Å². The molecule has 1 atom stereocenters. The number of fused-ring (bicyclic) bond motifs is 1. The first kappa shape index (κ1) is 21.6. The number of ether oxygens (including phenoxy) is 2. The van der Waals surface area contributed by atoms with Crippen molar-refractivity contribution < 1.29 is 33.8 Å². The Labute approximate surface area is 175 Å². The molecule has 0 saturated heterocycles. The van der Waals surface area contributed by atoms with Crippen molar-refractivity contribution in [2.45, 2.75) is 20.1 Å². The number of hydrogen-bond donors (Lipinski definition) is 2. The molecule has 30 heavy (non-hydrogen) atoms. The molecule has 1 aliphatic heterocycles. The number of aryl methyl sites for hydroxylation is 1. The number of β-amino-alcohol motifs (C(OH)–C–C–N with tert-alkyl or cyclic N) is 1. The third-order valence-corrected chi connectivity index (χ3v) is 5.18. The highest BCUT2D eigenvalue weighted by Crippen LogP contribution is 2.28. The number of thiazole rings is 1. The van der Waals surface area contributed by atoms with Gasteiger partial charge in [-0.1, -0.05) is 23.5 Å². The summed E-state index contributed by atoms with van der Waals surface area (Å²) >= 11 is 0.963. The first-order valence-corrected chi connectivity index (χ1v) is 9.82. The topological polar surface area (TPSA) is 135 Å². The normalized spacial score (nSPS) is 13.9. The number of amides is 2. The molecule has 2 aromatic rings. The number of carbonyl (C=O) groups excluding carboxylic acids is 4. The lowest BCUT2D eigenvalue weighted by molar-refractivity contribution is -0.135. The van der Waals surface area contributed by atoms with Crippen LogP contribution in [0, 0.1) is 6.92 Å². The predicted octanol–water partition coefficient (Wildman–Crippen LogP) is 1.13. The molecule has 10 nitrogen and oxygen atoms in total. The van der Waals surface area contributed by atoms with Crippen LogP contribution in [0.5, 0.6) is 0 Å². The molecule has 0 fully saturated rings. The number of para-hydroxylation sites is 1. The van der Waals surface area contributed by atoms with Crippen LogP contribution in [-0.2, 0) is 19.1 Å². The average molecular weight is 433 g/mol. The van der Waals surface area contributed by atoms with Crippen LogP contribution in [-0.4, -0.2) is 59.7 Å². The molecule has 2 N–H and O–H groups in total. The molecule has 0 bridgehead atoms. The molecule has 158 valence electrons. The van der Waals surface area contributed by atoms with Crippen LogP contribution in [0.3, 0.4) is 0 Å². The molecule has 0 saturated carbocycles. The summed E-state index contributed by atoms with van der Waals surface area (Å²) in [7, 11) is 0. The molecule has 1 aliphatic rings. The Kier molecular flexibility index (Phi) is 6.55. The number of nitrogens with one attached hydrogen (secondary N) is 1. The van der Waals surface area contributed by atoms with Gasteiger partial charge in [-0.2, -0.15) is 0 Å². The van der Waals surface area contributed by atoms with Gasteiger partial charge in [-0.3, -0.25) is 24.6 Å². The second kappa shape index (κ2) is 9.11. The van der Waals surface area contributed by atoms with E-state index in [1.54, 1.807) is 32.0 Å². The average Bonchev–Trinajstić information content (AvgIpc) is 3.19. The minimum absolute atomic E-state index is 0.188. The molecular formula is C19H19N3O7S. The monoisotopic (exact) mass is 433 g/mol. The standard InChI is InChI=1S/C19H19N3O7S/c1-3-28-18(27)16-10(2)20-19(30-16)21-13(23)9-29-14(24)8-22-12-7-5-4-6-11(12)15(25)17(22)26/h4-7,14,24H,3,8-9H2,1-2H3,(H,20,21,23). The summed E-state index contributed by atoms with van der Waals surface area (Å²) in [6, 6.07) is 6.41. The van der Waals surface area contributed by atoms with Gasteiger partial charge >= 0.3 is 5.97 Å². The van der Waals surface area contributed by atoms with Crippen molar-refractivity contribution in [3.05, 3.63) is 40.4 Å². The number of anilines is 2. The van der Waals surface area contributed by atoms with E-state index in [4.69, 9.17) is 9.47 Å². The summed E-state index contributed by atoms with van der Waals surface area (Å²) in [6.45, 7) is 2.69.